The van der Waals surface area contributed by atoms with Crippen LogP contribution < -0.4 is 5.32 Å². The van der Waals surface area contributed by atoms with E-state index in [1.165, 1.54) is 77.7 Å². The predicted molar refractivity (Wildman–Crippen MR) is 82.6 cm³/mol. The molecule has 0 aromatic heterocycles. The Bertz CT molecular complexity index is 238. The van der Waals surface area contributed by atoms with Crippen LogP contribution in [0.25, 0.3) is 0 Å². The second kappa shape index (κ2) is 8.23. The summed E-state index contributed by atoms with van der Waals surface area (Å²) in [5, 5.41) is 3.75. The Morgan fingerprint density at radius 3 is 2.63 bits per heavy atom. The number of hydrogen-bond donors (Lipinski definition) is 1. The van der Waals surface area contributed by atoms with E-state index in [1.807, 2.05) is 0 Å². The first-order chi connectivity index (χ1) is 9.29. The molecule has 1 N–H and O–H groups in total. The van der Waals surface area contributed by atoms with Crippen LogP contribution in [0.4, 0.5) is 0 Å². The fourth-order valence-corrected chi connectivity index (χ4v) is 3.74. The number of nitrogens with one attached hydrogen (secondary N) is 1. The minimum absolute atomic E-state index is 0.806. The second-order valence-corrected chi connectivity index (χ2v) is 6.48. The summed E-state index contributed by atoms with van der Waals surface area (Å²) in [4.78, 5) is 5.17. The van der Waals surface area contributed by atoms with Gasteiger partial charge in [0.2, 0.25) is 0 Å². The van der Waals surface area contributed by atoms with E-state index in [9.17, 15) is 0 Å². The van der Waals surface area contributed by atoms with Gasteiger partial charge in [-0.25, -0.2) is 0 Å². The molecule has 3 nitrogen and oxygen atoms in total. The third-order valence-corrected chi connectivity index (χ3v) is 4.96. The Labute approximate surface area is 119 Å². The topological polar surface area (TPSA) is 18.5 Å². The summed E-state index contributed by atoms with van der Waals surface area (Å²) in [6.07, 6.45) is 9.90. The molecule has 19 heavy (non-hydrogen) atoms. The van der Waals surface area contributed by atoms with Crippen molar-refractivity contribution in [3.8, 4) is 0 Å². The molecule has 2 rings (SSSR count). The molecule has 3 heteroatoms. The normalized spacial score (nSPS) is 26.4. The van der Waals surface area contributed by atoms with Gasteiger partial charge in [-0.3, -0.25) is 4.90 Å². The maximum atomic E-state index is 3.75. The van der Waals surface area contributed by atoms with Crippen molar-refractivity contribution in [2.24, 2.45) is 0 Å². The summed E-state index contributed by atoms with van der Waals surface area (Å²) >= 11 is 0. The Morgan fingerprint density at radius 1 is 1.11 bits per heavy atom. The standard InChI is InChI=1S/C16H33N3/c1-3-19-12-7-10-16(19)14-18(2)13-11-17-15-8-5-4-6-9-15/h15-17H,3-14H2,1-2H3. The van der Waals surface area contributed by atoms with Gasteiger partial charge in [0.1, 0.15) is 0 Å². The minimum Gasteiger partial charge on any atom is -0.313 e. The van der Waals surface area contributed by atoms with Crippen molar-refractivity contribution in [1.29, 1.82) is 0 Å². The molecule has 0 aromatic rings. The fraction of sp³-hybridized carbons (Fsp3) is 1.00. The van der Waals surface area contributed by atoms with Crippen molar-refractivity contribution in [2.75, 3.05) is 39.8 Å². The molecule has 1 aliphatic heterocycles. The van der Waals surface area contributed by atoms with E-state index in [4.69, 9.17) is 0 Å². The zero-order valence-corrected chi connectivity index (χ0v) is 13.0. The molecule has 0 bridgehead atoms. The molecule has 1 saturated carbocycles. The summed E-state index contributed by atoms with van der Waals surface area (Å²) in [6, 6.07) is 1.62. The van der Waals surface area contributed by atoms with Crippen molar-refractivity contribution in [1.82, 2.24) is 15.1 Å². The van der Waals surface area contributed by atoms with Crippen LogP contribution in [-0.2, 0) is 0 Å². The van der Waals surface area contributed by atoms with Gasteiger partial charge in [-0.05, 0) is 45.8 Å². The molecule has 1 atom stereocenters. The van der Waals surface area contributed by atoms with E-state index in [1.54, 1.807) is 0 Å². The van der Waals surface area contributed by atoms with Gasteiger partial charge < -0.3 is 10.2 Å². The van der Waals surface area contributed by atoms with E-state index >= 15 is 0 Å². The lowest BCUT2D eigenvalue weighted by Crippen LogP contribution is -2.42. The largest absolute Gasteiger partial charge is 0.313 e. The van der Waals surface area contributed by atoms with Crippen LogP contribution in [0, 0.1) is 0 Å². The van der Waals surface area contributed by atoms with Gasteiger partial charge in [0, 0.05) is 31.7 Å². The Hall–Kier alpha value is -0.120. The summed E-state index contributed by atoms with van der Waals surface area (Å²) in [5.74, 6) is 0. The molecule has 0 aromatic carbocycles. The van der Waals surface area contributed by atoms with E-state index in [-0.39, 0.29) is 0 Å². The fourth-order valence-electron chi connectivity index (χ4n) is 3.74. The monoisotopic (exact) mass is 267 g/mol. The highest BCUT2D eigenvalue weighted by Gasteiger charge is 2.23. The van der Waals surface area contributed by atoms with Crippen LogP contribution in [-0.4, -0.2) is 61.7 Å². The molecule has 0 radical (unpaired) electrons. The average molecular weight is 267 g/mol. The number of rotatable bonds is 7. The Morgan fingerprint density at radius 2 is 1.89 bits per heavy atom. The highest BCUT2D eigenvalue weighted by Crippen LogP contribution is 2.18. The molecule has 2 aliphatic rings. The third kappa shape index (κ3) is 5.05. The lowest BCUT2D eigenvalue weighted by atomic mass is 9.95. The zero-order valence-electron chi connectivity index (χ0n) is 13.0. The summed E-state index contributed by atoms with van der Waals surface area (Å²) < 4.78 is 0. The van der Waals surface area contributed by atoms with Crippen molar-refractivity contribution in [2.45, 2.75) is 64.0 Å². The Kier molecular flexibility index (Phi) is 6.62. The number of nitrogens with zero attached hydrogens (tertiary/aromatic N) is 2. The van der Waals surface area contributed by atoms with Crippen LogP contribution in [0.5, 0.6) is 0 Å². The molecule has 2 fully saturated rings. The van der Waals surface area contributed by atoms with Crippen LogP contribution >= 0.6 is 0 Å². The van der Waals surface area contributed by atoms with Gasteiger partial charge in [0.15, 0.2) is 0 Å². The van der Waals surface area contributed by atoms with E-state index in [0.717, 1.165) is 12.1 Å². The van der Waals surface area contributed by atoms with Gasteiger partial charge >= 0.3 is 0 Å². The van der Waals surface area contributed by atoms with Crippen molar-refractivity contribution in [3.63, 3.8) is 0 Å². The molecule has 112 valence electrons. The summed E-state index contributed by atoms with van der Waals surface area (Å²) in [5.41, 5.74) is 0. The van der Waals surface area contributed by atoms with Crippen LogP contribution in [0.2, 0.25) is 0 Å². The van der Waals surface area contributed by atoms with Crippen LogP contribution in [0.3, 0.4) is 0 Å². The van der Waals surface area contributed by atoms with Crippen molar-refractivity contribution in [3.05, 3.63) is 0 Å². The van der Waals surface area contributed by atoms with Gasteiger partial charge in [0.05, 0.1) is 0 Å². The second-order valence-electron chi connectivity index (χ2n) is 6.48. The van der Waals surface area contributed by atoms with Crippen molar-refractivity contribution < 1.29 is 0 Å². The quantitative estimate of drug-likeness (QED) is 0.764. The average Bonchev–Trinajstić information content (AvgIpc) is 2.87. The minimum atomic E-state index is 0.806. The van der Waals surface area contributed by atoms with Crippen LogP contribution in [0.15, 0.2) is 0 Å². The SMILES string of the molecule is CCN1CCCC1CN(C)CCNC1CCCCC1. The first kappa shape index (κ1) is 15.3. The third-order valence-electron chi connectivity index (χ3n) is 4.96. The smallest absolute Gasteiger partial charge is 0.0223 e. The Balaban J connectivity index is 1.57. The molecular weight excluding hydrogens is 234 g/mol. The van der Waals surface area contributed by atoms with Gasteiger partial charge in [-0.1, -0.05) is 26.2 Å². The molecule has 1 heterocycles. The van der Waals surface area contributed by atoms with E-state index < -0.39 is 0 Å². The lowest BCUT2D eigenvalue weighted by molar-refractivity contribution is 0.197. The zero-order chi connectivity index (χ0) is 13.5. The van der Waals surface area contributed by atoms with E-state index in [0.29, 0.717) is 0 Å². The highest BCUT2D eigenvalue weighted by atomic mass is 15.2. The molecule has 0 amide bonds. The first-order valence-electron chi connectivity index (χ1n) is 8.45. The number of hydrogen-bond acceptors (Lipinski definition) is 3. The van der Waals surface area contributed by atoms with Gasteiger partial charge in [-0.15, -0.1) is 0 Å². The van der Waals surface area contributed by atoms with Gasteiger partial charge in [-0.2, -0.15) is 0 Å². The number of likely N-dealkylation sites (tertiary alicyclic amines) is 1. The highest BCUT2D eigenvalue weighted by molar-refractivity contribution is 4.81. The lowest BCUT2D eigenvalue weighted by Gasteiger charge is -2.29. The van der Waals surface area contributed by atoms with Crippen LogP contribution in [0.1, 0.15) is 51.9 Å². The predicted octanol–water partition coefficient (Wildman–Crippen LogP) is 2.32. The van der Waals surface area contributed by atoms with Crippen molar-refractivity contribution >= 4 is 0 Å². The van der Waals surface area contributed by atoms with Gasteiger partial charge in [0.25, 0.3) is 0 Å². The molecule has 1 saturated heterocycles. The molecule has 0 spiro atoms. The maximum absolute atomic E-state index is 3.75. The summed E-state index contributed by atoms with van der Waals surface area (Å²) in [6.45, 7) is 8.45. The first-order valence-corrected chi connectivity index (χ1v) is 8.45. The maximum Gasteiger partial charge on any atom is 0.0223 e. The molecule has 1 unspecified atom stereocenters. The van der Waals surface area contributed by atoms with E-state index in [2.05, 4.69) is 29.1 Å². The molecule has 1 aliphatic carbocycles. The molecular formula is C16H33N3. The summed E-state index contributed by atoms with van der Waals surface area (Å²) in [7, 11) is 2.29. The number of likely N-dealkylation sites (N-methyl/N-ethyl adjacent to an activating group) is 2.